The third-order valence-electron chi connectivity index (χ3n) is 3.44. The molecule has 2 aromatic rings. The highest BCUT2D eigenvalue weighted by atomic mass is 32.1. The van der Waals surface area contributed by atoms with Gasteiger partial charge in [0.2, 0.25) is 0 Å². The van der Waals surface area contributed by atoms with Gasteiger partial charge in [-0.2, -0.15) is 0 Å². The van der Waals surface area contributed by atoms with Gasteiger partial charge in [-0.3, -0.25) is 9.59 Å². The third-order valence-corrected chi connectivity index (χ3v) is 4.42. The average Bonchev–Trinajstić information content (AvgIpc) is 3.08. The lowest BCUT2D eigenvalue weighted by atomic mass is 10.1. The number of hydrogen-bond acceptors (Lipinski definition) is 5. The number of nitrogens with one attached hydrogen (secondary N) is 1. The van der Waals surface area contributed by atoms with Crippen LogP contribution in [0.4, 0.5) is 5.69 Å². The molecule has 1 aromatic heterocycles. The molecule has 0 aliphatic rings. The minimum absolute atomic E-state index is 0.110. The number of methoxy groups -OCH3 is 1. The number of carbonyl (C=O) groups excluding carboxylic acids is 2. The SMILES string of the molecule is COC(=O)CC(NC(=O)c1ccc(N(C)C)cc1)c1cccs1. The molecule has 0 bridgehead atoms. The Kier molecular flexibility index (Phi) is 5.76. The average molecular weight is 332 g/mol. The Morgan fingerprint density at radius 3 is 2.43 bits per heavy atom. The van der Waals surface area contributed by atoms with Gasteiger partial charge in [0.25, 0.3) is 5.91 Å². The first-order valence-corrected chi connectivity index (χ1v) is 8.07. The summed E-state index contributed by atoms with van der Waals surface area (Å²) >= 11 is 1.50. The Labute approximate surface area is 139 Å². The van der Waals surface area contributed by atoms with E-state index in [1.165, 1.54) is 18.4 Å². The molecule has 0 radical (unpaired) electrons. The lowest BCUT2D eigenvalue weighted by Gasteiger charge is -2.17. The number of thiophene rings is 1. The number of rotatable bonds is 6. The summed E-state index contributed by atoms with van der Waals surface area (Å²) < 4.78 is 4.72. The first-order valence-electron chi connectivity index (χ1n) is 7.19. The van der Waals surface area contributed by atoms with Crippen LogP contribution in [0.1, 0.15) is 27.7 Å². The minimum Gasteiger partial charge on any atom is -0.469 e. The van der Waals surface area contributed by atoms with Gasteiger partial charge in [-0.05, 0) is 35.7 Å². The predicted octanol–water partition coefficient (Wildman–Crippen LogP) is 2.85. The molecule has 5 nitrogen and oxygen atoms in total. The van der Waals surface area contributed by atoms with Crippen molar-refractivity contribution < 1.29 is 14.3 Å². The second-order valence-corrected chi connectivity index (χ2v) is 6.24. The van der Waals surface area contributed by atoms with Crippen molar-refractivity contribution in [3.63, 3.8) is 0 Å². The van der Waals surface area contributed by atoms with Gasteiger partial charge in [0, 0.05) is 30.2 Å². The van der Waals surface area contributed by atoms with Crippen LogP contribution >= 0.6 is 11.3 Å². The van der Waals surface area contributed by atoms with Crippen molar-refractivity contribution in [1.82, 2.24) is 5.32 Å². The van der Waals surface area contributed by atoms with Crippen molar-refractivity contribution in [2.24, 2.45) is 0 Å². The standard InChI is InChI=1S/C17H20N2O3S/c1-19(2)13-8-6-12(7-9-13)17(21)18-14(11-16(20)22-3)15-5-4-10-23-15/h4-10,14H,11H2,1-3H3,(H,18,21). The summed E-state index contributed by atoms with van der Waals surface area (Å²) in [5.74, 6) is -0.565. The van der Waals surface area contributed by atoms with Gasteiger partial charge in [-0.1, -0.05) is 6.07 Å². The normalized spacial score (nSPS) is 11.6. The van der Waals surface area contributed by atoms with Crippen LogP contribution in [0.15, 0.2) is 41.8 Å². The summed E-state index contributed by atoms with van der Waals surface area (Å²) in [5.41, 5.74) is 1.58. The maximum Gasteiger partial charge on any atom is 0.307 e. The van der Waals surface area contributed by atoms with E-state index in [1.807, 2.05) is 48.6 Å². The molecule has 1 amide bonds. The van der Waals surface area contributed by atoms with Crippen molar-refractivity contribution in [1.29, 1.82) is 0 Å². The number of esters is 1. The molecule has 1 atom stereocenters. The molecule has 23 heavy (non-hydrogen) atoms. The van der Waals surface area contributed by atoms with E-state index in [-0.39, 0.29) is 24.3 Å². The maximum absolute atomic E-state index is 12.4. The van der Waals surface area contributed by atoms with Gasteiger partial charge in [0.15, 0.2) is 0 Å². The molecule has 1 N–H and O–H groups in total. The highest BCUT2D eigenvalue weighted by molar-refractivity contribution is 7.10. The van der Waals surface area contributed by atoms with Crippen LogP contribution in [0.5, 0.6) is 0 Å². The van der Waals surface area contributed by atoms with E-state index in [9.17, 15) is 9.59 Å². The van der Waals surface area contributed by atoms with Crippen LogP contribution in [0.3, 0.4) is 0 Å². The topological polar surface area (TPSA) is 58.6 Å². The molecule has 0 fully saturated rings. The van der Waals surface area contributed by atoms with Gasteiger partial charge < -0.3 is 15.0 Å². The fourth-order valence-corrected chi connectivity index (χ4v) is 2.89. The van der Waals surface area contributed by atoms with Crippen molar-refractivity contribution in [2.45, 2.75) is 12.5 Å². The number of anilines is 1. The zero-order valence-electron chi connectivity index (χ0n) is 13.4. The summed E-state index contributed by atoms with van der Waals surface area (Å²) in [6.45, 7) is 0. The molecule has 0 aliphatic heterocycles. The first kappa shape index (κ1) is 17.0. The molecule has 2 rings (SSSR count). The van der Waals surface area contributed by atoms with Crippen molar-refractivity contribution in [3.05, 3.63) is 52.2 Å². The molecular weight excluding hydrogens is 312 g/mol. The molecule has 0 spiro atoms. The zero-order chi connectivity index (χ0) is 16.8. The van der Waals surface area contributed by atoms with E-state index in [0.29, 0.717) is 5.56 Å². The minimum atomic E-state index is -0.386. The molecule has 0 saturated heterocycles. The van der Waals surface area contributed by atoms with Gasteiger partial charge in [0.1, 0.15) is 0 Å². The number of amides is 1. The van der Waals surface area contributed by atoms with Crippen molar-refractivity contribution in [3.8, 4) is 0 Å². The van der Waals surface area contributed by atoms with Gasteiger partial charge in [0.05, 0.1) is 19.6 Å². The number of carbonyl (C=O) groups is 2. The summed E-state index contributed by atoms with van der Waals surface area (Å²) in [6.07, 6.45) is 0.110. The molecular formula is C17H20N2O3S. The molecule has 0 saturated carbocycles. The van der Waals surface area contributed by atoms with Crippen LogP contribution in [-0.2, 0) is 9.53 Å². The maximum atomic E-state index is 12.4. The third kappa shape index (κ3) is 4.56. The van der Waals surface area contributed by atoms with Crippen LogP contribution in [-0.4, -0.2) is 33.1 Å². The Morgan fingerprint density at radius 2 is 1.91 bits per heavy atom. The molecule has 6 heteroatoms. The largest absolute Gasteiger partial charge is 0.469 e. The van der Waals surface area contributed by atoms with E-state index < -0.39 is 0 Å². The smallest absolute Gasteiger partial charge is 0.307 e. The van der Waals surface area contributed by atoms with E-state index in [0.717, 1.165) is 10.6 Å². The molecule has 122 valence electrons. The van der Waals surface area contributed by atoms with Crippen LogP contribution in [0.2, 0.25) is 0 Å². The Bertz CT molecular complexity index is 651. The van der Waals surface area contributed by atoms with E-state index in [4.69, 9.17) is 4.74 Å². The lowest BCUT2D eigenvalue weighted by molar-refractivity contribution is -0.141. The van der Waals surface area contributed by atoms with Crippen LogP contribution in [0, 0.1) is 0 Å². The molecule has 1 aromatic carbocycles. The highest BCUT2D eigenvalue weighted by Crippen LogP contribution is 2.23. The second-order valence-electron chi connectivity index (χ2n) is 5.26. The summed E-state index contributed by atoms with van der Waals surface area (Å²) in [7, 11) is 5.23. The number of nitrogens with zero attached hydrogens (tertiary/aromatic N) is 1. The molecule has 1 unspecified atom stereocenters. The van der Waals surface area contributed by atoms with E-state index in [2.05, 4.69) is 5.32 Å². The van der Waals surface area contributed by atoms with E-state index in [1.54, 1.807) is 12.1 Å². The fraction of sp³-hybridized carbons (Fsp3) is 0.294. The lowest BCUT2D eigenvalue weighted by Crippen LogP contribution is -2.30. The van der Waals surface area contributed by atoms with Gasteiger partial charge >= 0.3 is 5.97 Å². The predicted molar refractivity (Wildman–Crippen MR) is 91.9 cm³/mol. The number of hydrogen-bond donors (Lipinski definition) is 1. The van der Waals surface area contributed by atoms with Gasteiger partial charge in [-0.25, -0.2) is 0 Å². The zero-order valence-corrected chi connectivity index (χ0v) is 14.2. The van der Waals surface area contributed by atoms with Crippen molar-refractivity contribution >= 4 is 28.9 Å². The highest BCUT2D eigenvalue weighted by Gasteiger charge is 2.20. The number of benzene rings is 1. The quantitative estimate of drug-likeness (QED) is 0.827. The van der Waals surface area contributed by atoms with Crippen molar-refractivity contribution in [2.75, 3.05) is 26.1 Å². The van der Waals surface area contributed by atoms with Gasteiger partial charge in [-0.15, -0.1) is 11.3 Å². The second kappa shape index (κ2) is 7.78. The Balaban J connectivity index is 2.12. The Morgan fingerprint density at radius 1 is 1.22 bits per heavy atom. The van der Waals surface area contributed by atoms with E-state index >= 15 is 0 Å². The summed E-state index contributed by atoms with van der Waals surface area (Å²) in [5, 5.41) is 4.82. The summed E-state index contributed by atoms with van der Waals surface area (Å²) in [4.78, 5) is 26.9. The van der Waals surface area contributed by atoms with Crippen LogP contribution in [0.25, 0.3) is 0 Å². The molecule has 0 aliphatic carbocycles. The number of ether oxygens (including phenoxy) is 1. The monoisotopic (exact) mass is 332 g/mol. The summed E-state index contributed by atoms with van der Waals surface area (Å²) in [6, 6.07) is 10.7. The van der Waals surface area contributed by atoms with Crippen LogP contribution < -0.4 is 10.2 Å². The first-order chi connectivity index (χ1) is 11.0. The fourth-order valence-electron chi connectivity index (χ4n) is 2.11. The molecule has 1 heterocycles. The Hall–Kier alpha value is -2.34.